The Hall–Kier alpha value is -2.02. The smallest absolute Gasteiger partial charge is 0.410 e. The van der Waals surface area contributed by atoms with E-state index in [2.05, 4.69) is 4.99 Å². The lowest BCUT2D eigenvalue weighted by atomic mass is 10.2. The van der Waals surface area contributed by atoms with Crippen LogP contribution in [-0.4, -0.2) is 47.5 Å². The summed E-state index contributed by atoms with van der Waals surface area (Å²) in [7, 11) is 0. The highest BCUT2D eigenvalue weighted by atomic mass is 35.5. The van der Waals surface area contributed by atoms with E-state index in [0.717, 1.165) is 0 Å². The van der Waals surface area contributed by atoms with Crippen LogP contribution in [0.3, 0.4) is 0 Å². The van der Waals surface area contributed by atoms with E-state index < -0.39 is 17.5 Å². The Labute approximate surface area is 151 Å². The minimum absolute atomic E-state index is 0.00612. The molecule has 1 fully saturated rings. The van der Waals surface area contributed by atoms with Crippen LogP contribution in [-0.2, 0) is 4.74 Å². The van der Waals surface area contributed by atoms with Crippen LogP contribution >= 0.6 is 11.6 Å². The minimum atomic E-state index is -0.567. The van der Waals surface area contributed by atoms with Crippen LogP contribution in [0.15, 0.2) is 23.2 Å². The molecule has 1 aromatic rings. The lowest BCUT2D eigenvalue weighted by molar-refractivity contribution is 0.0275. The van der Waals surface area contributed by atoms with Crippen molar-refractivity contribution in [2.45, 2.75) is 38.9 Å². The largest absolute Gasteiger partial charge is 0.483 e. The summed E-state index contributed by atoms with van der Waals surface area (Å²) in [5, 5.41) is 0. The summed E-state index contributed by atoms with van der Waals surface area (Å²) in [4.78, 5) is 17.7. The number of likely N-dealkylation sites (tertiary alicyclic amines) is 1. The summed E-state index contributed by atoms with van der Waals surface area (Å²) in [5.41, 5.74) is 5.33. The zero-order valence-electron chi connectivity index (χ0n) is 14.6. The van der Waals surface area contributed by atoms with Crippen molar-refractivity contribution in [2.75, 3.05) is 19.0 Å². The van der Waals surface area contributed by atoms with Gasteiger partial charge >= 0.3 is 6.09 Å². The number of carbonyl (C=O) groups excluding carboxylic acids is 1. The first-order valence-electron chi connectivity index (χ1n) is 8.01. The standard InChI is InChI=1S/C17H23ClFN3O3/c1-17(2,3)25-16(23)22-8-7-11(10-22)24-15-12(19)5-4-6-13(15)21-14(20)9-18/h4-6,11H,7-10H2,1-3H3,(H2,20,21). The van der Waals surface area contributed by atoms with Gasteiger partial charge in [-0.2, -0.15) is 0 Å². The first-order valence-corrected chi connectivity index (χ1v) is 8.55. The number of hydrogen-bond donors (Lipinski definition) is 1. The molecule has 0 aliphatic carbocycles. The zero-order chi connectivity index (χ0) is 18.6. The predicted octanol–water partition coefficient (Wildman–Crippen LogP) is 3.44. The molecule has 25 heavy (non-hydrogen) atoms. The Morgan fingerprint density at radius 1 is 1.48 bits per heavy atom. The normalized spacial score (nSPS) is 18.4. The molecule has 0 saturated carbocycles. The third-order valence-electron chi connectivity index (χ3n) is 3.43. The van der Waals surface area contributed by atoms with E-state index in [1.807, 2.05) is 0 Å². The fourth-order valence-corrected chi connectivity index (χ4v) is 2.43. The van der Waals surface area contributed by atoms with E-state index in [0.29, 0.717) is 19.5 Å². The molecule has 0 bridgehead atoms. The number of amidine groups is 1. The van der Waals surface area contributed by atoms with Crippen LogP contribution < -0.4 is 10.5 Å². The molecule has 2 N–H and O–H groups in total. The van der Waals surface area contributed by atoms with Crippen molar-refractivity contribution in [3.8, 4) is 5.75 Å². The highest BCUT2D eigenvalue weighted by Crippen LogP contribution is 2.33. The number of rotatable bonds is 4. The first-order chi connectivity index (χ1) is 11.7. The van der Waals surface area contributed by atoms with Crippen molar-refractivity contribution in [1.29, 1.82) is 0 Å². The van der Waals surface area contributed by atoms with Gasteiger partial charge in [-0.25, -0.2) is 14.2 Å². The van der Waals surface area contributed by atoms with Gasteiger partial charge in [0.25, 0.3) is 0 Å². The molecular formula is C17H23ClFN3O3. The first kappa shape index (κ1) is 19.3. The molecular weight excluding hydrogens is 349 g/mol. The third kappa shape index (κ3) is 5.49. The quantitative estimate of drug-likeness (QED) is 0.499. The van der Waals surface area contributed by atoms with E-state index in [9.17, 15) is 9.18 Å². The number of nitrogens with two attached hydrogens (primary N) is 1. The maximum atomic E-state index is 14.2. The molecule has 1 unspecified atom stereocenters. The number of para-hydroxylation sites is 1. The second kappa shape index (κ2) is 7.91. The molecule has 1 amide bonds. The molecule has 8 heteroatoms. The molecule has 1 aromatic carbocycles. The molecule has 1 aliphatic rings. The Morgan fingerprint density at radius 2 is 2.20 bits per heavy atom. The number of halogens is 2. The average Bonchev–Trinajstić information content (AvgIpc) is 2.97. The van der Waals surface area contributed by atoms with Gasteiger partial charge in [0, 0.05) is 13.0 Å². The maximum absolute atomic E-state index is 14.2. The van der Waals surface area contributed by atoms with Crippen molar-refractivity contribution >= 4 is 29.2 Å². The Balaban J connectivity index is 2.08. The van der Waals surface area contributed by atoms with Crippen molar-refractivity contribution in [3.63, 3.8) is 0 Å². The molecule has 1 atom stereocenters. The second-order valence-corrected chi connectivity index (χ2v) is 7.05. The van der Waals surface area contributed by atoms with Crippen LogP contribution in [0.2, 0.25) is 0 Å². The molecule has 1 aliphatic heterocycles. The number of aliphatic imine (C=N–C) groups is 1. The second-order valence-electron chi connectivity index (χ2n) is 6.78. The van der Waals surface area contributed by atoms with E-state index in [4.69, 9.17) is 26.8 Å². The van der Waals surface area contributed by atoms with Crippen LogP contribution in [0, 0.1) is 5.82 Å². The van der Waals surface area contributed by atoms with Gasteiger partial charge in [0.2, 0.25) is 0 Å². The monoisotopic (exact) mass is 371 g/mol. The molecule has 2 rings (SSSR count). The zero-order valence-corrected chi connectivity index (χ0v) is 15.3. The summed E-state index contributed by atoms with van der Waals surface area (Å²) in [6, 6.07) is 4.40. The molecule has 1 heterocycles. The fraction of sp³-hybridized carbons (Fsp3) is 0.529. The molecule has 138 valence electrons. The summed E-state index contributed by atoms with van der Waals surface area (Å²) in [6.07, 6.45) is -0.186. The average molecular weight is 372 g/mol. The van der Waals surface area contributed by atoms with E-state index in [1.165, 1.54) is 12.1 Å². The third-order valence-corrected chi connectivity index (χ3v) is 3.70. The van der Waals surface area contributed by atoms with Crippen molar-refractivity contribution in [3.05, 3.63) is 24.0 Å². The highest BCUT2D eigenvalue weighted by molar-refractivity contribution is 6.28. The number of benzene rings is 1. The molecule has 0 spiro atoms. The fourth-order valence-electron chi connectivity index (χ4n) is 2.37. The molecule has 6 nitrogen and oxygen atoms in total. The van der Waals surface area contributed by atoms with E-state index in [1.54, 1.807) is 31.7 Å². The van der Waals surface area contributed by atoms with Gasteiger partial charge in [0.05, 0.1) is 12.4 Å². The maximum Gasteiger partial charge on any atom is 0.410 e. The SMILES string of the molecule is CC(C)(C)OC(=O)N1CCC(Oc2c(F)cccc2N=C(N)CCl)C1. The van der Waals surface area contributed by atoms with Gasteiger partial charge < -0.3 is 20.1 Å². The lowest BCUT2D eigenvalue weighted by Crippen LogP contribution is -2.36. The minimum Gasteiger partial charge on any atom is -0.483 e. The summed E-state index contributed by atoms with van der Waals surface area (Å²) in [6.45, 7) is 6.22. The predicted molar refractivity (Wildman–Crippen MR) is 95.2 cm³/mol. The van der Waals surface area contributed by atoms with Gasteiger partial charge in [-0.05, 0) is 32.9 Å². The van der Waals surface area contributed by atoms with Gasteiger partial charge in [-0.3, -0.25) is 0 Å². The Bertz CT molecular complexity index is 661. The van der Waals surface area contributed by atoms with Crippen molar-refractivity contribution in [1.82, 2.24) is 4.90 Å². The molecule has 1 saturated heterocycles. The summed E-state index contributed by atoms with van der Waals surface area (Å²) in [5.74, 6) is -0.337. The summed E-state index contributed by atoms with van der Waals surface area (Å²) < 4.78 is 25.3. The number of hydrogen-bond acceptors (Lipinski definition) is 4. The number of ether oxygens (including phenoxy) is 2. The van der Waals surface area contributed by atoms with Crippen LogP contribution in [0.5, 0.6) is 5.75 Å². The Morgan fingerprint density at radius 3 is 2.84 bits per heavy atom. The van der Waals surface area contributed by atoms with Gasteiger partial charge in [-0.1, -0.05) is 6.07 Å². The van der Waals surface area contributed by atoms with Gasteiger partial charge in [-0.15, -0.1) is 11.6 Å². The number of amides is 1. The summed E-state index contributed by atoms with van der Waals surface area (Å²) >= 11 is 5.62. The lowest BCUT2D eigenvalue weighted by Gasteiger charge is -2.24. The van der Waals surface area contributed by atoms with E-state index in [-0.39, 0.29) is 29.3 Å². The molecule has 0 aromatic heterocycles. The van der Waals surface area contributed by atoms with Gasteiger partial charge in [0.1, 0.15) is 23.2 Å². The number of carbonyl (C=O) groups is 1. The Kier molecular flexibility index (Phi) is 6.11. The van der Waals surface area contributed by atoms with Crippen LogP contribution in [0.25, 0.3) is 0 Å². The van der Waals surface area contributed by atoms with Gasteiger partial charge in [0.15, 0.2) is 11.6 Å². The van der Waals surface area contributed by atoms with E-state index >= 15 is 0 Å². The molecule has 0 radical (unpaired) electrons. The number of nitrogens with zero attached hydrogens (tertiary/aromatic N) is 2. The van der Waals surface area contributed by atoms with Crippen molar-refractivity contribution in [2.24, 2.45) is 10.7 Å². The highest BCUT2D eigenvalue weighted by Gasteiger charge is 2.31. The number of alkyl halides is 1. The van der Waals surface area contributed by atoms with Crippen LogP contribution in [0.4, 0.5) is 14.9 Å². The van der Waals surface area contributed by atoms with Crippen molar-refractivity contribution < 1.29 is 18.7 Å². The van der Waals surface area contributed by atoms with Crippen LogP contribution in [0.1, 0.15) is 27.2 Å². The topological polar surface area (TPSA) is 77.1 Å².